The molecule has 2 rings (SSSR count). The molecule has 1 aromatic rings. The van der Waals surface area contributed by atoms with Crippen LogP contribution in [0.4, 0.5) is 0 Å². The highest BCUT2D eigenvalue weighted by molar-refractivity contribution is 5.92. The second kappa shape index (κ2) is 7.77. The van der Waals surface area contributed by atoms with E-state index in [9.17, 15) is 4.79 Å². The molecule has 21 heavy (non-hydrogen) atoms. The van der Waals surface area contributed by atoms with Crippen LogP contribution in [0.5, 0.6) is 0 Å². The number of aromatic nitrogens is 1. The van der Waals surface area contributed by atoms with E-state index in [2.05, 4.69) is 16.8 Å². The van der Waals surface area contributed by atoms with E-state index in [1.807, 2.05) is 4.90 Å². The maximum atomic E-state index is 12.3. The summed E-state index contributed by atoms with van der Waals surface area (Å²) < 4.78 is 5.14. The van der Waals surface area contributed by atoms with Gasteiger partial charge in [-0.05, 0) is 18.6 Å². The van der Waals surface area contributed by atoms with Crippen LogP contribution in [0.15, 0.2) is 18.3 Å². The molecular weight excluding hydrogens is 268 g/mol. The standard InChI is InChI=1S/C16H20N2O3/c1-21-12-14-7-8-18(11-14)16(20)15-6-5-13(10-17-15)4-2-3-9-19/h5-6,10,14,19H,3,7-9,11-12H2,1H3. The lowest BCUT2D eigenvalue weighted by molar-refractivity contribution is 0.0770. The van der Waals surface area contributed by atoms with E-state index in [1.165, 1.54) is 0 Å². The number of methoxy groups -OCH3 is 1. The lowest BCUT2D eigenvalue weighted by Crippen LogP contribution is -2.29. The van der Waals surface area contributed by atoms with Crippen molar-refractivity contribution in [2.45, 2.75) is 12.8 Å². The van der Waals surface area contributed by atoms with Gasteiger partial charge in [0, 0.05) is 44.3 Å². The zero-order chi connectivity index (χ0) is 15.1. The van der Waals surface area contributed by atoms with Crippen molar-refractivity contribution in [2.75, 3.05) is 33.4 Å². The Bertz CT molecular complexity index is 531. The third kappa shape index (κ3) is 4.28. The summed E-state index contributed by atoms with van der Waals surface area (Å²) in [4.78, 5) is 18.3. The minimum atomic E-state index is -0.0385. The molecule has 0 aromatic carbocycles. The van der Waals surface area contributed by atoms with Gasteiger partial charge in [-0.15, -0.1) is 0 Å². The molecule has 1 atom stereocenters. The third-order valence-electron chi connectivity index (χ3n) is 3.43. The number of aliphatic hydroxyl groups is 1. The van der Waals surface area contributed by atoms with Crippen molar-refractivity contribution < 1.29 is 14.6 Å². The highest BCUT2D eigenvalue weighted by Crippen LogP contribution is 2.18. The van der Waals surface area contributed by atoms with E-state index in [4.69, 9.17) is 9.84 Å². The smallest absolute Gasteiger partial charge is 0.272 e. The first kappa shape index (κ1) is 15.5. The first-order valence-electron chi connectivity index (χ1n) is 7.08. The van der Waals surface area contributed by atoms with Crippen molar-refractivity contribution in [2.24, 2.45) is 5.92 Å². The molecule has 1 N–H and O–H groups in total. The fraction of sp³-hybridized carbons (Fsp3) is 0.500. The van der Waals surface area contributed by atoms with Gasteiger partial charge < -0.3 is 14.7 Å². The zero-order valence-electron chi connectivity index (χ0n) is 12.2. The number of aliphatic hydroxyl groups excluding tert-OH is 1. The molecule has 1 saturated heterocycles. The molecule has 1 aliphatic heterocycles. The van der Waals surface area contributed by atoms with Gasteiger partial charge in [0.2, 0.25) is 0 Å². The Kier molecular flexibility index (Phi) is 5.73. The molecule has 0 radical (unpaired) electrons. The lowest BCUT2D eigenvalue weighted by Gasteiger charge is -2.15. The topological polar surface area (TPSA) is 62.7 Å². The van der Waals surface area contributed by atoms with Gasteiger partial charge in [-0.25, -0.2) is 4.98 Å². The summed E-state index contributed by atoms with van der Waals surface area (Å²) in [7, 11) is 1.68. The summed E-state index contributed by atoms with van der Waals surface area (Å²) in [6, 6.07) is 3.49. The van der Waals surface area contributed by atoms with Crippen LogP contribution in [0.25, 0.3) is 0 Å². The number of hydrogen-bond donors (Lipinski definition) is 1. The second-order valence-electron chi connectivity index (χ2n) is 5.07. The minimum Gasteiger partial charge on any atom is -0.395 e. The van der Waals surface area contributed by atoms with Crippen molar-refractivity contribution in [3.05, 3.63) is 29.6 Å². The molecule has 1 amide bonds. The Labute approximate surface area is 124 Å². The molecule has 1 aliphatic rings. The summed E-state index contributed by atoms with van der Waals surface area (Å²) in [5, 5.41) is 8.66. The normalized spacial score (nSPS) is 17.4. The van der Waals surface area contributed by atoms with E-state index < -0.39 is 0 Å². The van der Waals surface area contributed by atoms with Gasteiger partial charge in [0.15, 0.2) is 0 Å². The van der Waals surface area contributed by atoms with E-state index in [-0.39, 0.29) is 12.5 Å². The van der Waals surface area contributed by atoms with Crippen molar-refractivity contribution in [3.63, 3.8) is 0 Å². The monoisotopic (exact) mass is 288 g/mol. The molecule has 1 fully saturated rings. The van der Waals surface area contributed by atoms with Crippen LogP contribution in [0.2, 0.25) is 0 Å². The Morgan fingerprint density at radius 1 is 1.57 bits per heavy atom. The van der Waals surface area contributed by atoms with Gasteiger partial charge >= 0.3 is 0 Å². The fourth-order valence-corrected chi connectivity index (χ4v) is 2.37. The molecule has 112 valence electrons. The fourth-order valence-electron chi connectivity index (χ4n) is 2.37. The molecule has 1 unspecified atom stereocenters. The quantitative estimate of drug-likeness (QED) is 0.837. The van der Waals surface area contributed by atoms with Crippen molar-refractivity contribution >= 4 is 5.91 Å². The number of amides is 1. The van der Waals surface area contributed by atoms with Gasteiger partial charge in [0.05, 0.1) is 13.2 Å². The van der Waals surface area contributed by atoms with Crippen molar-refractivity contribution in [1.29, 1.82) is 0 Å². The van der Waals surface area contributed by atoms with Gasteiger partial charge in [0.1, 0.15) is 5.69 Å². The number of ether oxygens (including phenoxy) is 1. The van der Waals surface area contributed by atoms with Gasteiger partial charge in [-0.1, -0.05) is 11.8 Å². The summed E-state index contributed by atoms with van der Waals surface area (Å²) in [6.07, 6.45) is 3.01. The first-order chi connectivity index (χ1) is 10.2. The molecule has 2 heterocycles. The van der Waals surface area contributed by atoms with E-state index in [0.29, 0.717) is 24.6 Å². The maximum absolute atomic E-state index is 12.3. The number of carbonyl (C=O) groups is 1. The molecule has 0 saturated carbocycles. The molecule has 0 aliphatic carbocycles. The van der Waals surface area contributed by atoms with Crippen LogP contribution in [0.1, 0.15) is 28.9 Å². The predicted octanol–water partition coefficient (Wildman–Crippen LogP) is 0.924. The molecule has 0 spiro atoms. The number of rotatable bonds is 4. The van der Waals surface area contributed by atoms with E-state index in [1.54, 1.807) is 25.4 Å². The average molecular weight is 288 g/mol. The largest absolute Gasteiger partial charge is 0.395 e. The van der Waals surface area contributed by atoms with Crippen LogP contribution in [0, 0.1) is 17.8 Å². The average Bonchev–Trinajstić information content (AvgIpc) is 2.97. The van der Waals surface area contributed by atoms with Crippen LogP contribution >= 0.6 is 0 Å². The maximum Gasteiger partial charge on any atom is 0.272 e. The van der Waals surface area contributed by atoms with Crippen LogP contribution < -0.4 is 0 Å². The summed E-state index contributed by atoms with van der Waals surface area (Å²) in [5.74, 6) is 6.10. The molecule has 5 nitrogen and oxygen atoms in total. The van der Waals surface area contributed by atoms with Crippen molar-refractivity contribution in [1.82, 2.24) is 9.88 Å². The van der Waals surface area contributed by atoms with Gasteiger partial charge in [-0.2, -0.15) is 0 Å². The molecule has 1 aromatic heterocycles. The Hall–Kier alpha value is -1.90. The summed E-state index contributed by atoms with van der Waals surface area (Å²) >= 11 is 0. The molecule has 0 bridgehead atoms. The minimum absolute atomic E-state index is 0.0385. The van der Waals surface area contributed by atoms with Crippen LogP contribution in [-0.4, -0.2) is 54.3 Å². The Morgan fingerprint density at radius 2 is 2.43 bits per heavy atom. The number of hydrogen-bond acceptors (Lipinski definition) is 4. The molecular formula is C16H20N2O3. The Balaban J connectivity index is 1.96. The zero-order valence-corrected chi connectivity index (χ0v) is 12.2. The summed E-state index contributed by atoms with van der Waals surface area (Å²) in [6.45, 7) is 2.23. The van der Waals surface area contributed by atoms with E-state index in [0.717, 1.165) is 25.1 Å². The predicted molar refractivity (Wildman–Crippen MR) is 78.7 cm³/mol. The molecule has 5 heteroatoms. The first-order valence-corrected chi connectivity index (χ1v) is 7.08. The van der Waals surface area contributed by atoms with Gasteiger partial charge in [-0.3, -0.25) is 4.79 Å². The highest BCUT2D eigenvalue weighted by Gasteiger charge is 2.27. The SMILES string of the molecule is COCC1CCN(C(=O)c2ccc(C#CCCO)cn2)C1. The summed E-state index contributed by atoms with van der Waals surface area (Å²) in [5.41, 5.74) is 1.19. The number of carbonyl (C=O) groups excluding carboxylic acids is 1. The lowest BCUT2D eigenvalue weighted by atomic mass is 10.1. The Morgan fingerprint density at radius 3 is 3.10 bits per heavy atom. The number of nitrogens with zero attached hydrogens (tertiary/aromatic N) is 2. The number of likely N-dealkylation sites (tertiary alicyclic amines) is 1. The van der Waals surface area contributed by atoms with E-state index >= 15 is 0 Å². The number of pyridine rings is 1. The second-order valence-corrected chi connectivity index (χ2v) is 5.07. The van der Waals surface area contributed by atoms with Crippen molar-refractivity contribution in [3.8, 4) is 11.8 Å². The third-order valence-corrected chi connectivity index (χ3v) is 3.43. The van der Waals surface area contributed by atoms with Gasteiger partial charge in [0.25, 0.3) is 5.91 Å². The highest BCUT2D eigenvalue weighted by atomic mass is 16.5. The van der Waals surface area contributed by atoms with Crippen LogP contribution in [-0.2, 0) is 4.74 Å². The van der Waals surface area contributed by atoms with Crippen LogP contribution in [0.3, 0.4) is 0 Å².